The quantitative estimate of drug-likeness (QED) is 0.798. The second kappa shape index (κ2) is 5.60. The fourth-order valence-electron chi connectivity index (χ4n) is 1.33. The predicted molar refractivity (Wildman–Crippen MR) is 67.3 cm³/mol. The first kappa shape index (κ1) is 12.5. The van der Waals surface area contributed by atoms with Gasteiger partial charge in [-0.3, -0.25) is 4.98 Å². The zero-order chi connectivity index (χ0) is 13.0. The van der Waals surface area contributed by atoms with Gasteiger partial charge in [0.05, 0.1) is 11.9 Å². The highest BCUT2D eigenvalue weighted by Gasteiger charge is 2.10. The number of hydrogen-bond donors (Lipinski definition) is 0. The SMILES string of the molecule is Cc1cnc(C(=O)OCc2ccccc2Cl)cn1. The van der Waals surface area contributed by atoms with Crippen LogP contribution >= 0.6 is 11.6 Å². The summed E-state index contributed by atoms with van der Waals surface area (Å²) in [5, 5.41) is 0.570. The van der Waals surface area contributed by atoms with Crippen LogP contribution in [0.3, 0.4) is 0 Å². The van der Waals surface area contributed by atoms with Gasteiger partial charge in [0.15, 0.2) is 5.69 Å². The van der Waals surface area contributed by atoms with Crippen LogP contribution in [0.4, 0.5) is 0 Å². The average molecular weight is 263 g/mol. The van der Waals surface area contributed by atoms with E-state index in [9.17, 15) is 4.79 Å². The summed E-state index contributed by atoms with van der Waals surface area (Å²) in [5.74, 6) is -0.512. The molecule has 92 valence electrons. The van der Waals surface area contributed by atoms with Gasteiger partial charge in [-0.05, 0) is 13.0 Å². The summed E-state index contributed by atoms with van der Waals surface area (Å²) < 4.78 is 5.11. The highest BCUT2D eigenvalue weighted by Crippen LogP contribution is 2.16. The molecule has 0 saturated heterocycles. The van der Waals surface area contributed by atoms with Crippen molar-refractivity contribution in [2.45, 2.75) is 13.5 Å². The van der Waals surface area contributed by atoms with E-state index in [1.807, 2.05) is 12.1 Å². The van der Waals surface area contributed by atoms with Gasteiger partial charge in [-0.2, -0.15) is 0 Å². The summed E-state index contributed by atoms with van der Waals surface area (Å²) in [6.07, 6.45) is 2.91. The van der Waals surface area contributed by atoms with Crippen LogP contribution in [-0.4, -0.2) is 15.9 Å². The molecule has 0 radical (unpaired) electrons. The molecule has 1 aromatic carbocycles. The van der Waals surface area contributed by atoms with Crippen LogP contribution in [0.25, 0.3) is 0 Å². The maximum atomic E-state index is 11.7. The molecule has 0 unspecified atom stereocenters. The number of ether oxygens (including phenoxy) is 1. The first-order chi connectivity index (χ1) is 8.66. The molecule has 0 aliphatic rings. The number of aryl methyl sites for hydroxylation is 1. The van der Waals surface area contributed by atoms with Crippen LogP contribution in [0.1, 0.15) is 21.7 Å². The van der Waals surface area contributed by atoms with Crippen LogP contribution in [0.2, 0.25) is 5.02 Å². The van der Waals surface area contributed by atoms with Gasteiger partial charge in [-0.1, -0.05) is 29.8 Å². The van der Waals surface area contributed by atoms with Crippen molar-refractivity contribution in [2.75, 3.05) is 0 Å². The third-order valence-electron chi connectivity index (χ3n) is 2.31. The topological polar surface area (TPSA) is 52.1 Å². The molecule has 5 heteroatoms. The van der Waals surface area contributed by atoms with Crippen molar-refractivity contribution in [3.05, 3.63) is 58.6 Å². The number of nitrogens with zero attached hydrogens (tertiary/aromatic N) is 2. The summed E-state index contributed by atoms with van der Waals surface area (Å²) in [6, 6.07) is 7.20. The molecule has 18 heavy (non-hydrogen) atoms. The van der Waals surface area contributed by atoms with E-state index in [-0.39, 0.29) is 12.3 Å². The van der Waals surface area contributed by atoms with E-state index >= 15 is 0 Å². The van der Waals surface area contributed by atoms with Gasteiger partial charge in [0.25, 0.3) is 0 Å². The van der Waals surface area contributed by atoms with Crippen LogP contribution in [0.5, 0.6) is 0 Å². The zero-order valence-corrected chi connectivity index (χ0v) is 10.5. The van der Waals surface area contributed by atoms with E-state index in [0.29, 0.717) is 5.02 Å². The zero-order valence-electron chi connectivity index (χ0n) is 9.76. The Morgan fingerprint density at radius 3 is 2.72 bits per heavy atom. The Morgan fingerprint density at radius 1 is 1.28 bits per heavy atom. The number of benzene rings is 1. The molecule has 0 fully saturated rings. The van der Waals surface area contributed by atoms with E-state index in [1.54, 1.807) is 19.1 Å². The number of hydrogen-bond acceptors (Lipinski definition) is 4. The lowest BCUT2D eigenvalue weighted by atomic mass is 10.2. The fourth-order valence-corrected chi connectivity index (χ4v) is 1.52. The summed E-state index contributed by atoms with van der Waals surface area (Å²) in [5.41, 5.74) is 1.69. The minimum absolute atomic E-state index is 0.119. The molecule has 0 aliphatic carbocycles. The molecule has 1 heterocycles. The van der Waals surface area contributed by atoms with E-state index in [2.05, 4.69) is 9.97 Å². The Labute approximate surface area is 110 Å². The highest BCUT2D eigenvalue weighted by atomic mass is 35.5. The van der Waals surface area contributed by atoms with Gasteiger partial charge < -0.3 is 4.74 Å². The van der Waals surface area contributed by atoms with Crippen molar-refractivity contribution >= 4 is 17.6 Å². The molecule has 2 rings (SSSR count). The Balaban J connectivity index is 2.01. The summed E-state index contributed by atoms with van der Waals surface area (Å²) in [4.78, 5) is 19.6. The fraction of sp³-hybridized carbons (Fsp3) is 0.154. The first-order valence-electron chi connectivity index (χ1n) is 5.36. The molecule has 0 saturated carbocycles. The van der Waals surface area contributed by atoms with Gasteiger partial charge in [0, 0.05) is 16.8 Å². The Morgan fingerprint density at radius 2 is 2.06 bits per heavy atom. The first-order valence-corrected chi connectivity index (χ1v) is 5.74. The number of aromatic nitrogens is 2. The van der Waals surface area contributed by atoms with Gasteiger partial charge in [0.2, 0.25) is 0 Å². The van der Waals surface area contributed by atoms with Crippen LogP contribution in [-0.2, 0) is 11.3 Å². The van der Waals surface area contributed by atoms with Crippen LogP contribution in [0, 0.1) is 6.92 Å². The van der Waals surface area contributed by atoms with Crippen molar-refractivity contribution in [2.24, 2.45) is 0 Å². The van der Waals surface area contributed by atoms with E-state index in [0.717, 1.165) is 11.3 Å². The molecular formula is C13H11ClN2O2. The molecule has 0 amide bonds. The summed E-state index contributed by atoms with van der Waals surface area (Å²) in [7, 11) is 0. The molecule has 0 spiro atoms. The molecule has 0 bridgehead atoms. The third-order valence-corrected chi connectivity index (χ3v) is 2.68. The third kappa shape index (κ3) is 3.05. The van der Waals surface area contributed by atoms with Gasteiger partial charge in [0.1, 0.15) is 6.61 Å². The maximum absolute atomic E-state index is 11.7. The van der Waals surface area contributed by atoms with E-state index < -0.39 is 5.97 Å². The predicted octanol–water partition coefficient (Wildman–Crippen LogP) is 2.80. The number of esters is 1. The van der Waals surface area contributed by atoms with E-state index in [4.69, 9.17) is 16.3 Å². The normalized spacial score (nSPS) is 10.1. The van der Waals surface area contributed by atoms with Crippen molar-refractivity contribution in [1.29, 1.82) is 0 Å². The summed E-state index contributed by atoms with van der Waals surface area (Å²) >= 11 is 5.96. The van der Waals surface area contributed by atoms with Crippen molar-refractivity contribution in [3.8, 4) is 0 Å². The highest BCUT2D eigenvalue weighted by molar-refractivity contribution is 6.31. The molecule has 0 atom stereocenters. The molecule has 4 nitrogen and oxygen atoms in total. The second-order valence-electron chi connectivity index (χ2n) is 3.71. The standard InChI is InChI=1S/C13H11ClN2O2/c1-9-6-16-12(7-15-9)13(17)18-8-10-4-2-3-5-11(10)14/h2-7H,8H2,1H3. The Kier molecular flexibility index (Phi) is 3.89. The smallest absolute Gasteiger partial charge is 0.358 e. The van der Waals surface area contributed by atoms with Crippen LogP contribution in [0.15, 0.2) is 36.7 Å². The number of halogens is 1. The molecular weight excluding hydrogens is 252 g/mol. The molecule has 0 N–H and O–H groups in total. The largest absolute Gasteiger partial charge is 0.456 e. The molecule has 0 aliphatic heterocycles. The number of rotatable bonds is 3. The van der Waals surface area contributed by atoms with Gasteiger partial charge in [-0.25, -0.2) is 9.78 Å². The monoisotopic (exact) mass is 262 g/mol. The Hall–Kier alpha value is -1.94. The minimum atomic E-state index is -0.512. The minimum Gasteiger partial charge on any atom is -0.456 e. The lowest BCUT2D eigenvalue weighted by Gasteiger charge is -2.05. The lowest BCUT2D eigenvalue weighted by Crippen LogP contribution is -2.08. The lowest BCUT2D eigenvalue weighted by molar-refractivity contribution is 0.0465. The van der Waals surface area contributed by atoms with Gasteiger partial charge in [-0.15, -0.1) is 0 Å². The van der Waals surface area contributed by atoms with Crippen molar-refractivity contribution in [3.63, 3.8) is 0 Å². The van der Waals surface area contributed by atoms with Crippen molar-refractivity contribution in [1.82, 2.24) is 9.97 Å². The molecule has 1 aromatic heterocycles. The number of carbonyl (C=O) groups is 1. The second-order valence-corrected chi connectivity index (χ2v) is 4.12. The average Bonchev–Trinajstić information content (AvgIpc) is 2.38. The number of carbonyl (C=O) groups excluding carboxylic acids is 1. The van der Waals surface area contributed by atoms with Crippen molar-refractivity contribution < 1.29 is 9.53 Å². The Bertz CT molecular complexity index is 555. The van der Waals surface area contributed by atoms with E-state index in [1.165, 1.54) is 12.4 Å². The molecule has 2 aromatic rings. The maximum Gasteiger partial charge on any atom is 0.358 e. The summed E-state index contributed by atoms with van der Waals surface area (Å²) in [6.45, 7) is 1.92. The van der Waals surface area contributed by atoms with Crippen LogP contribution < -0.4 is 0 Å². The van der Waals surface area contributed by atoms with Gasteiger partial charge >= 0.3 is 5.97 Å².